The van der Waals surface area contributed by atoms with Gasteiger partial charge in [0.15, 0.2) is 0 Å². The molecule has 130 valence electrons. The van der Waals surface area contributed by atoms with Gasteiger partial charge in [-0.15, -0.1) is 0 Å². The lowest BCUT2D eigenvalue weighted by molar-refractivity contribution is 0.0697. The number of nitrogens with one attached hydrogen (secondary N) is 1. The SMILES string of the molecule is Cn1cc(-c2cc3cnc(Nc4ccc(C(=O)O)cc4)cc3n2C)cn1. The number of carbonyl (C=O) groups is 1. The first-order valence-corrected chi connectivity index (χ1v) is 8.06. The summed E-state index contributed by atoms with van der Waals surface area (Å²) in [7, 11) is 3.90. The van der Waals surface area contributed by atoms with E-state index in [-0.39, 0.29) is 5.56 Å². The van der Waals surface area contributed by atoms with Crippen LogP contribution in [0.25, 0.3) is 22.2 Å². The predicted molar refractivity (Wildman–Crippen MR) is 99.6 cm³/mol. The molecule has 0 radical (unpaired) electrons. The molecule has 0 unspecified atom stereocenters. The second-order valence-electron chi connectivity index (χ2n) is 6.13. The van der Waals surface area contributed by atoms with Crippen LogP contribution in [0.2, 0.25) is 0 Å². The molecule has 0 aliphatic carbocycles. The van der Waals surface area contributed by atoms with Gasteiger partial charge in [0.2, 0.25) is 0 Å². The van der Waals surface area contributed by atoms with Crippen LogP contribution in [-0.2, 0) is 14.1 Å². The molecule has 2 N–H and O–H groups in total. The zero-order valence-corrected chi connectivity index (χ0v) is 14.3. The third-order valence-corrected chi connectivity index (χ3v) is 4.33. The van der Waals surface area contributed by atoms with E-state index in [2.05, 4.69) is 26.0 Å². The molecule has 26 heavy (non-hydrogen) atoms. The number of carboxylic acids is 1. The van der Waals surface area contributed by atoms with E-state index in [1.165, 1.54) is 0 Å². The van der Waals surface area contributed by atoms with E-state index in [4.69, 9.17) is 5.11 Å². The summed E-state index contributed by atoms with van der Waals surface area (Å²) in [5, 5.41) is 17.5. The molecule has 7 nitrogen and oxygen atoms in total. The number of fused-ring (bicyclic) bond motifs is 1. The largest absolute Gasteiger partial charge is 0.478 e. The predicted octanol–water partition coefficient (Wildman–Crippen LogP) is 3.42. The molecular weight excluding hydrogens is 330 g/mol. The molecule has 4 aromatic rings. The highest BCUT2D eigenvalue weighted by Gasteiger charge is 2.11. The Morgan fingerprint density at radius 3 is 2.54 bits per heavy atom. The fourth-order valence-electron chi connectivity index (χ4n) is 2.97. The van der Waals surface area contributed by atoms with E-state index in [0.717, 1.165) is 27.8 Å². The van der Waals surface area contributed by atoms with Crippen molar-refractivity contribution in [3.63, 3.8) is 0 Å². The highest BCUT2D eigenvalue weighted by Crippen LogP contribution is 2.28. The molecule has 3 heterocycles. The normalized spacial score (nSPS) is 11.0. The van der Waals surface area contributed by atoms with Crippen LogP contribution in [0.3, 0.4) is 0 Å². The number of hydrogen-bond donors (Lipinski definition) is 2. The van der Waals surface area contributed by atoms with E-state index < -0.39 is 5.97 Å². The summed E-state index contributed by atoms with van der Waals surface area (Å²) in [5.74, 6) is -0.248. The van der Waals surface area contributed by atoms with Gasteiger partial charge in [0, 0.05) is 49.2 Å². The Morgan fingerprint density at radius 1 is 1.12 bits per heavy atom. The number of aromatic nitrogens is 4. The molecule has 0 saturated heterocycles. The van der Waals surface area contributed by atoms with Crippen molar-refractivity contribution < 1.29 is 9.90 Å². The molecule has 0 aliphatic heterocycles. The zero-order valence-electron chi connectivity index (χ0n) is 14.3. The van der Waals surface area contributed by atoms with Gasteiger partial charge in [-0.2, -0.15) is 5.10 Å². The topological polar surface area (TPSA) is 85.0 Å². The Morgan fingerprint density at radius 2 is 1.88 bits per heavy atom. The fourth-order valence-corrected chi connectivity index (χ4v) is 2.97. The molecule has 4 rings (SSSR count). The lowest BCUT2D eigenvalue weighted by Crippen LogP contribution is -1.98. The Balaban J connectivity index is 1.67. The van der Waals surface area contributed by atoms with Crippen LogP contribution >= 0.6 is 0 Å². The summed E-state index contributed by atoms with van der Waals surface area (Å²) < 4.78 is 3.88. The third kappa shape index (κ3) is 2.79. The van der Waals surface area contributed by atoms with Crippen molar-refractivity contribution >= 4 is 28.4 Å². The van der Waals surface area contributed by atoms with Crippen LogP contribution in [-0.4, -0.2) is 30.4 Å². The lowest BCUT2D eigenvalue weighted by Gasteiger charge is -2.07. The zero-order chi connectivity index (χ0) is 18.3. The van der Waals surface area contributed by atoms with Crippen molar-refractivity contribution in [2.24, 2.45) is 14.1 Å². The number of hydrogen-bond acceptors (Lipinski definition) is 4. The molecule has 0 atom stereocenters. The fraction of sp³-hybridized carbons (Fsp3) is 0.105. The van der Waals surface area contributed by atoms with Crippen molar-refractivity contribution in [2.45, 2.75) is 0 Å². The van der Waals surface area contributed by atoms with E-state index >= 15 is 0 Å². The number of anilines is 2. The maximum atomic E-state index is 10.9. The van der Waals surface area contributed by atoms with Crippen LogP contribution in [0.1, 0.15) is 10.4 Å². The molecule has 3 aromatic heterocycles. The monoisotopic (exact) mass is 347 g/mol. The minimum absolute atomic E-state index is 0.252. The second kappa shape index (κ2) is 6.03. The van der Waals surface area contributed by atoms with Crippen molar-refractivity contribution in [1.82, 2.24) is 19.3 Å². The number of benzene rings is 1. The van der Waals surface area contributed by atoms with Crippen LogP contribution in [0.15, 0.2) is 55.0 Å². The summed E-state index contributed by atoms with van der Waals surface area (Å²) in [4.78, 5) is 15.4. The van der Waals surface area contributed by atoms with Crippen LogP contribution in [0, 0.1) is 0 Å². The Bertz CT molecular complexity index is 1110. The molecule has 7 heteroatoms. The molecule has 0 spiro atoms. The molecule has 0 fully saturated rings. The first-order valence-electron chi connectivity index (χ1n) is 8.06. The van der Waals surface area contributed by atoms with Crippen molar-refractivity contribution in [1.29, 1.82) is 0 Å². The van der Waals surface area contributed by atoms with E-state index in [0.29, 0.717) is 5.82 Å². The Hall–Kier alpha value is -3.61. The van der Waals surface area contributed by atoms with Crippen molar-refractivity contribution in [3.05, 3.63) is 60.6 Å². The number of aromatic carboxylic acids is 1. The quantitative estimate of drug-likeness (QED) is 0.591. The molecule has 1 aromatic carbocycles. The van der Waals surface area contributed by atoms with Gasteiger partial charge in [-0.1, -0.05) is 0 Å². The van der Waals surface area contributed by atoms with Gasteiger partial charge in [-0.05, 0) is 30.3 Å². The van der Waals surface area contributed by atoms with E-state index in [1.807, 2.05) is 38.8 Å². The summed E-state index contributed by atoms with van der Waals surface area (Å²) in [5.41, 5.74) is 4.19. The van der Waals surface area contributed by atoms with Crippen LogP contribution in [0.5, 0.6) is 0 Å². The number of carboxylic acid groups (broad SMARTS) is 1. The number of rotatable bonds is 4. The first kappa shape index (κ1) is 15.9. The second-order valence-corrected chi connectivity index (χ2v) is 6.13. The highest BCUT2D eigenvalue weighted by molar-refractivity contribution is 5.89. The summed E-state index contributed by atoms with van der Waals surface area (Å²) in [6.45, 7) is 0. The van der Waals surface area contributed by atoms with Crippen molar-refractivity contribution in [3.8, 4) is 11.3 Å². The van der Waals surface area contributed by atoms with Gasteiger partial charge in [-0.25, -0.2) is 9.78 Å². The smallest absolute Gasteiger partial charge is 0.335 e. The van der Waals surface area contributed by atoms with E-state index in [9.17, 15) is 4.79 Å². The summed E-state index contributed by atoms with van der Waals surface area (Å²) in [6, 6.07) is 10.6. The molecule has 0 saturated carbocycles. The average Bonchev–Trinajstić information content (AvgIpc) is 3.19. The minimum atomic E-state index is -0.942. The Labute approximate surface area is 149 Å². The first-order chi connectivity index (χ1) is 12.5. The molecule has 0 amide bonds. The Kier molecular flexibility index (Phi) is 3.69. The van der Waals surface area contributed by atoms with Gasteiger partial charge in [0.1, 0.15) is 5.82 Å². The molecular formula is C19H17N5O2. The molecule has 0 bridgehead atoms. The highest BCUT2D eigenvalue weighted by atomic mass is 16.4. The number of pyridine rings is 1. The average molecular weight is 347 g/mol. The van der Waals surface area contributed by atoms with Gasteiger partial charge < -0.3 is 15.0 Å². The number of nitrogens with zero attached hydrogens (tertiary/aromatic N) is 4. The summed E-state index contributed by atoms with van der Waals surface area (Å²) >= 11 is 0. The minimum Gasteiger partial charge on any atom is -0.478 e. The van der Waals surface area contributed by atoms with Gasteiger partial charge in [0.05, 0.1) is 23.0 Å². The van der Waals surface area contributed by atoms with Gasteiger partial charge in [0.25, 0.3) is 0 Å². The van der Waals surface area contributed by atoms with Gasteiger partial charge in [-0.3, -0.25) is 4.68 Å². The number of aryl methyl sites for hydroxylation is 2. The standard InChI is InChI=1S/C19H17N5O2/c1-23-11-14(10-21-23)16-7-13-9-20-18(8-17(13)24(16)2)22-15-5-3-12(4-6-15)19(25)26/h3-11H,1-2H3,(H,20,22)(H,25,26). The van der Waals surface area contributed by atoms with E-state index in [1.54, 1.807) is 28.9 Å². The van der Waals surface area contributed by atoms with Crippen molar-refractivity contribution in [2.75, 3.05) is 5.32 Å². The van der Waals surface area contributed by atoms with Crippen LogP contribution in [0.4, 0.5) is 11.5 Å². The lowest BCUT2D eigenvalue weighted by atomic mass is 10.2. The van der Waals surface area contributed by atoms with Gasteiger partial charge >= 0.3 is 5.97 Å². The third-order valence-electron chi connectivity index (χ3n) is 4.33. The van der Waals surface area contributed by atoms with Crippen LogP contribution < -0.4 is 5.32 Å². The maximum Gasteiger partial charge on any atom is 0.335 e. The maximum absolute atomic E-state index is 10.9. The summed E-state index contributed by atoms with van der Waals surface area (Å²) in [6.07, 6.45) is 5.64. The molecule has 0 aliphatic rings.